The van der Waals surface area contributed by atoms with Gasteiger partial charge in [-0.05, 0) is 157 Å². The molecule has 10 unspecified atom stereocenters. The maximum Gasteiger partial charge on any atom is 0.119 e. The van der Waals surface area contributed by atoms with Crippen LogP contribution >= 0.6 is 0 Å². The fourth-order valence-electron chi connectivity index (χ4n) is 11.7. The van der Waals surface area contributed by atoms with E-state index < -0.39 is 0 Å². The lowest BCUT2D eigenvalue weighted by Crippen LogP contribution is -2.46. The van der Waals surface area contributed by atoms with Crippen LogP contribution in [-0.4, -0.2) is 36.6 Å². The number of allylic oxidation sites excluding steroid dienone is 1. The van der Waals surface area contributed by atoms with Gasteiger partial charge in [0.2, 0.25) is 0 Å². The second-order valence-electron chi connectivity index (χ2n) is 15.7. The maximum atomic E-state index is 10.7. The van der Waals surface area contributed by atoms with E-state index in [0.29, 0.717) is 23.7 Å². The van der Waals surface area contributed by atoms with Gasteiger partial charge in [0.15, 0.2) is 0 Å². The summed E-state index contributed by atoms with van der Waals surface area (Å²) in [7, 11) is 3.50. The lowest BCUT2D eigenvalue weighted by atomic mass is 9.54. The first kappa shape index (κ1) is 28.2. The number of rotatable bonds is 2. The highest BCUT2D eigenvalue weighted by Crippen LogP contribution is 2.71. The molecule has 7 aliphatic rings. The molecule has 4 nitrogen and oxygen atoms in total. The van der Waals surface area contributed by atoms with E-state index in [-0.39, 0.29) is 23.0 Å². The van der Waals surface area contributed by atoms with Gasteiger partial charge in [-0.15, -0.1) is 0 Å². The fraction of sp³-hybridized carbons (Fsp3) is 0.641. The van der Waals surface area contributed by atoms with Crippen LogP contribution in [0.4, 0.5) is 0 Å². The quantitative estimate of drug-likeness (QED) is 0.361. The Kier molecular flexibility index (Phi) is 6.63. The second-order valence-corrected chi connectivity index (χ2v) is 15.7. The van der Waals surface area contributed by atoms with Crippen LogP contribution in [-0.2, 0) is 12.8 Å². The van der Waals surface area contributed by atoms with Gasteiger partial charge in [0.05, 0.1) is 26.4 Å². The van der Waals surface area contributed by atoms with Crippen molar-refractivity contribution in [1.82, 2.24) is 0 Å². The van der Waals surface area contributed by atoms with Crippen LogP contribution in [0.2, 0.25) is 0 Å². The molecular weight excluding hydrogens is 532 g/mol. The zero-order valence-corrected chi connectivity index (χ0v) is 26.5. The minimum absolute atomic E-state index is 0.0271. The Morgan fingerprint density at radius 2 is 1.26 bits per heavy atom. The van der Waals surface area contributed by atoms with Crippen molar-refractivity contribution in [2.75, 3.05) is 14.2 Å². The van der Waals surface area contributed by atoms with Gasteiger partial charge in [-0.1, -0.05) is 38.1 Å². The number of benzene rings is 2. The Labute approximate surface area is 257 Å². The van der Waals surface area contributed by atoms with Crippen LogP contribution in [0.1, 0.15) is 92.9 Å². The third kappa shape index (κ3) is 4.14. The van der Waals surface area contributed by atoms with E-state index >= 15 is 0 Å². The Hall–Kier alpha value is -2.30. The molecule has 0 bridgehead atoms. The molecule has 0 aliphatic heterocycles. The normalized spacial score (nSPS) is 44.2. The summed E-state index contributed by atoms with van der Waals surface area (Å²) >= 11 is 0. The minimum atomic E-state index is -0.249. The summed E-state index contributed by atoms with van der Waals surface area (Å²) in [5.74, 6) is 7.61. The van der Waals surface area contributed by atoms with Gasteiger partial charge in [-0.25, -0.2) is 0 Å². The second kappa shape index (κ2) is 10.1. The van der Waals surface area contributed by atoms with Gasteiger partial charge in [0.25, 0.3) is 0 Å². The van der Waals surface area contributed by atoms with Crippen molar-refractivity contribution >= 4 is 0 Å². The van der Waals surface area contributed by atoms with E-state index in [4.69, 9.17) is 9.47 Å². The monoisotopic (exact) mass is 582 g/mol. The Morgan fingerprint density at radius 3 is 1.88 bits per heavy atom. The summed E-state index contributed by atoms with van der Waals surface area (Å²) in [6.45, 7) is 4.66. The molecule has 43 heavy (non-hydrogen) atoms. The first-order valence-electron chi connectivity index (χ1n) is 17.1. The Morgan fingerprint density at radius 1 is 0.674 bits per heavy atom. The first-order chi connectivity index (χ1) is 20.8. The van der Waals surface area contributed by atoms with Gasteiger partial charge < -0.3 is 19.7 Å². The molecule has 7 aliphatic carbocycles. The number of hydrogen-bond donors (Lipinski definition) is 2. The Bertz CT molecular complexity index is 1430. The minimum Gasteiger partial charge on any atom is -0.497 e. The van der Waals surface area contributed by atoms with Crippen LogP contribution in [0, 0.1) is 46.3 Å². The number of fused-ring (bicyclic) bond motifs is 12. The molecule has 2 aromatic carbocycles. The zero-order chi connectivity index (χ0) is 29.7. The summed E-state index contributed by atoms with van der Waals surface area (Å²) in [5, 5.41) is 21.1. The van der Waals surface area contributed by atoms with Gasteiger partial charge in [0.1, 0.15) is 11.5 Å². The van der Waals surface area contributed by atoms with Crippen LogP contribution in [0.25, 0.3) is 0 Å². The molecule has 4 fully saturated rings. The smallest absolute Gasteiger partial charge is 0.119 e. The predicted octanol–water partition coefficient (Wildman–Crippen LogP) is 7.46. The number of ether oxygens (including phenoxy) is 2. The van der Waals surface area contributed by atoms with Crippen molar-refractivity contribution in [3.05, 3.63) is 70.8 Å². The fourth-order valence-corrected chi connectivity index (χ4v) is 11.7. The average Bonchev–Trinajstić information content (AvgIpc) is 3.70. The molecule has 9 rings (SSSR count). The summed E-state index contributed by atoms with van der Waals surface area (Å²) in [6, 6.07) is 13.3. The van der Waals surface area contributed by atoms with Gasteiger partial charge in [-0.2, -0.15) is 0 Å². The molecule has 0 amide bonds. The van der Waals surface area contributed by atoms with E-state index in [2.05, 4.69) is 56.3 Å². The summed E-state index contributed by atoms with van der Waals surface area (Å²) in [5.41, 5.74) is 6.38. The number of methoxy groups -OCH3 is 2. The number of aryl methyl sites for hydroxylation is 2. The molecule has 0 heterocycles. The van der Waals surface area contributed by atoms with E-state index in [1.54, 1.807) is 19.8 Å². The number of hydrogen-bond acceptors (Lipinski definition) is 4. The van der Waals surface area contributed by atoms with Crippen molar-refractivity contribution in [3.63, 3.8) is 0 Å². The molecular formula is C39H50O4. The van der Waals surface area contributed by atoms with Crippen molar-refractivity contribution in [2.24, 2.45) is 46.3 Å². The largest absolute Gasteiger partial charge is 0.497 e. The van der Waals surface area contributed by atoms with E-state index in [0.717, 1.165) is 48.0 Å². The van der Waals surface area contributed by atoms with E-state index in [9.17, 15) is 10.2 Å². The molecule has 0 spiro atoms. The maximum absolute atomic E-state index is 10.7. The molecule has 4 heteroatoms. The molecule has 0 aromatic heterocycles. The average molecular weight is 583 g/mol. The number of aliphatic hydroxyl groups is 2. The van der Waals surface area contributed by atoms with Crippen molar-refractivity contribution < 1.29 is 19.7 Å². The lowest BCUT2D eigenvalue weighted by molar-refractivity contribution is -0.0464. The molecule has 2 N–H and O–H groups in total. The van der Waals surface area contributed by atoms with Crippen LogP contribution in [0.15, 0.2) is 48.6 Å². The highest BCUT2D eigenvalue weighted by atomic mass is 16.5. The number of aliphatic hydroxyl groups excluding tert-OH is 2. The molecule has 2 aromatic rings. The van der Waals surface area contributed by atoms with Crippen LogP contribution < -0.4 is 9.47 Å². The van der Waals surface area contributed by atoms with Crippen molar-refractivity contribution in [2.45, 2.75) is 95.7 Å². The first-order valence-corrected chi connectivity index (χ1v) is 17.1. The standard InChI is InChI=1S/C20H26O2.C19H24O2/c1-20-8-7-14-13-6-4-12(22-2)9-11(13)3-5-15(14)18(20)16-10-17(16)19(20)21;1-19-10-9-15-14-6-4-13(21-2)11-12(14)3-5-16(15)17(19)7-8-18(19)20/h4,6,9,14-19,21H,3,5,7-8,10H2,1-2H3;4,6-8,11,15-18,20H,3,5,9-10H2,1-2H3/t14?,15?,16?,17?,18?,19?,20-;15?,16?,17?,18?,19-/m00/s1. The topological polar surface area (TPSA) is 58.9 Å². The zero-order valence-electron chi connectivity index (χ0n) is 26.5. The van der Waals surface area contributed by atoms with E-state index in [1.807, 2.05) is 6.08 Å². The highest BCUT2D eigenvalue weighted by Gasteiger charge is 2.68. The van der Waals surface area contributed by atoms with Crippen molar-refractivity contribution in [1.29, 1.82) is 0 Å². The summed E-state index contributed by atoms with van der Waals surface area (Å²) in [6.07, 6.45) is 15.0. The molecule has 0 radical (unpaired) electrons. The van der Waals surface area contributed by atoms with Gasteiger partial charge >= 0.3 is 0 Å². The Balaban J connectivity index is 0.000000129. The highest BCUT2D eigenvalue weighted by molar-refractivity contribution is 5.42. The summed E-state index contributed by atoms with van der Waals surface area (Å²) in [4.78, 5) is 0. The predicted molar refractivity (Wildman–Crippen MR) is 170 cm³/mol. The SMILES string of the molecule is COc1ccc2c(c1)CCC1C2CC[C@]2(C)C(O)C3CC3C12.COc1ccc2c(c1)CCC1C2CC[C@]2(C)C(O)C=CC12. The molecule has 0 saturated heterocycles. The third-order valence-electron chi connectivity index (χ3n) is 14.1. The van der Waals surface area contributed by atoms with E-state index in [1.165, 1.54) is 61.6 Å². The molecule has 4 saturated carbocycles. The van der Waals surface area contributed by atoms with Gasteiger partial charge in [0, 0.05) is 5.41 Å². The van der Waals surface area contributed by atoms with Crippen LogP contribution in [0.3, 0.4) is 0 Å². The van der Waals surface area contributed by atoms with Gasteiger partial charge in [-0.3, -0.25) is 0 Å². The third-order valence-corrected chi connectivity index (χ3v) is 14.1. The molecule has 12 atom stereocenters. The van der Waals surface area contributed by atoms with Crippen molar-refractivity contribution in [3.8, 4) is 11.5 Å². The molecule has 230 valence electrons. The summed E-state index contributed by atoms with van der Waals surface area (Å²) < 4.78 is 10.8. The lowest BCUT2D eigenvalue weighted by Gasteiger charge is -2.51. The van der Waals surface area contributed by atoms with Crippen LogP contribution in [0.5, 0.6) is 11.5 Å².